The number of carbonyl (C=O) groups excluding carboxylic acids is 2. The van der Waals surface area contributed by atoms with Crippen molar-refractivity contribution in [1.29, 1.82) is 0 Å². The summed E-state index contributed by atoms with van der Waals surface area (Å²) < 4.78 is 10.5. The summed E-state index contributed by atoms with van der Waals surface area (Å²) in [5, 5.41) is 29.3. The van der Waals surface area contributed by atoms with Crippen LogP contribution < -0.4 is 31.2 Å². The Morgan fingerprint density at radius 2 is 0.982 bits per heavy atom. The predicted octanol–water partition coefficient (Wildman–Crippen LogP) is 9.11. The average molecular weight is 735 g/mol. The normalized spacial score (nSPS) is 10.2. The quantitative estimate of drug-likeness (QED) is 0.0835. The number of hydrogen-bond acceptors (Lipinski definition) is 8. The summed E-state index contributed by atoms with van der Waals surface area (Å²) in [4.78, 5) is 22.4. The van der Waals surface area contributed by atoms with Crippen LogP contribution in [0.1, 0.15) is 0 Å². The van der Waals surface area contributed by atoms with Gasteiger partial charge in [0.1, 0.15) is 23.0 Å². The Balaban J connectivity index is 0.000000141. The molecule has 0 heterocycles. The van der Waals surface area contributed by atoms with Gasteiger partial charge in [0.2, 0.25) is 12.8 Å². The van der Waals surface area contributed by atoms with Crippen LogP contribution in [0.2, 0.25) is 0 Å². The molecule has 8 rings (SSSR count). The molecule has 10 nitrogen and oxygen atoms in total. The molecule has 0 spiro atoms. The second kappa shape index (κ2) is 18.3. The summed E-state index contributed by atoms with van der Waals surface area (Å²) in [5.41, 5.74) is 14.4. The Bertz CT molecular complexity index is 2580. The summed E-state index contributed by atoms with van der Waals surface area (Å²) in [6.07, 6.45) is 1.42. The molecule has 0 fully saturated rings. The number of nitrogens with two attached hydrogens (primary N) is 2. The first-order chi connectivity index (χ1) is 26.6. The molecule has 0 saturated carbocycles. The Kier molecular flexibility index (Phi) is 12.9. The maximum atomic E-state index is 10.7. The van der Waals surface area contributed by atoms with Crippen LogP contribution in [0.25, 0.3) is 43.1 Å². The highest BCUT2D eigenvalue weighted by Gasteiger charge is 2.05. The lowest BCUT2D eigenvalue weighted by Crippen LogP contribution is -2.13. The maximum absolute atomic E-state index is 10.7. The number of ether oxygens (including phenoxy) is 2. The predicted molar refractivity (Wildman–Crippen MR) is 225 cm³/mol. The van der Waals surface area contributed by atoms with E-state index in [-0.39, 0.29) is 5.75 Å². The average Bonchev–Trinajstić information content (AvgIpc) is 3.20. The molecule has 278 valence electrons. The number of aromatic hydroxyl groups is 2. The first-order valence-electron chi connectivity index (χ1n) is 17.1. The van der Waals surface area contributed by atoms with E-state index in [2.05, 4.69) is 5.32 Å². The largest absolute Gasteiger partial charge is 0.507 e. The highest BCUT2D eigenvalue weighted by atomic mass is 16.5. The van der Waals surface area contributed by atoms with Gasteiger partial charge >= 0.3 is 0 Å². The molecule has 0 aromatic heterocycles. The van der Waals surface area contributed by atoms with Gasteiger partial charge in [-0.2, -0.15) is 0 Å². The zero-order valence-corrected chi connectivity index (χ0v) is 30.6. The standard InChI is InChI=1S/C13H13NO2.C11H9NO2.C11H11NO.C10H9NO/c1-14(9-15)11-6-7-12-10(8-11)4-3-5-13(12)16-2;13-7-12-9-4-5-10-8(6-9)2-1-3-11(10)14;1-13-11-4-2-3-8-7-9(12)5-6-10(8)11;11-8-4-5-9-7(6-8)2-1-3-10(9)12/h3-9H,1-2H3;1-7,14H,(H,12,13);2-7H,12H2,1H3;1-6,12H,11H2. The van der Waals surface area contributed by atoms with Crippen LogP contribution in [0.15, 0.2) is 146 Å². The Morgan fingerprint density at radius 1 is 0.545 bits per heavy atom. The number of fused-ring (bicyclic) bond motifs is 4. The molecule has 0 bridgehead atoms. The van der Waals surface area contributed by atoms with Gasteiger partial charge in [0.25, 0.3) is 0 Å². The summed E-state index contributed by atoms with van der Waals surface area (Å²) in [6, 6.07) is 44.9. The molecule has 8 aromatic rings. The van der Waals surface area contributed by atoms with Crippen LogP contribution >= 0.6 is 0 Å². The molecule has 0 aliphatic heterocycles. The van der Waals surface area contributed by atoms with Crippen molar-refractivity contribution < 1.29 is 29.3 Å². The molecule has 0 aliphatic carbocycles. The summed E-state index contributed by atoms with van der Waals surface area (Å²) in [7, 11) is 5.06. The minimum atomic E-state index is 0.250. The van der Waals surface area contributed by atoms with Crippen molar-refractivity contribution in [3.8, 4) is 23.0 Å². The zero-order chi connectivity index (χ0) is 39.3. The van der Waals surface area contributed by atoms with E-state index in [1.807, 2.05) is 103 Å². The van der Waals surface area contributed by atoms with Gasteiger partial charge in [-0.15, -0.1) is 0 Å². The molecule has 55 heavy (non-hydrogen) atoms. The fraction of sp³-hybridized carbons (Fsp3) is 0.0667. The molecule has 8 aromatic carbocycles. The van der Waals surface area contributed by atoms with Crippen molar-refractivity contribution in [3.05, 3.63) is 146 Å². The van der Waals surface area contributed by atoms with Crippen LogP contribution in [0.5, 0.6) is 23.0 Å². The molecule has 0 radical (unpaired) electrons. The second-order valence-electron chi connectivity index (χ2n) is 12.3. The molecule has 0 atom stereocenters. The third-order valence-electron chi connectivity index (χ3n) is 8.66. The second-order valence-corrected chi connectivity index (χ2v) is 12.3. The number of phenols is 2. The highest BCUT2D eigenvalue weighted by molar-refractivity contribution is 5.94. The molecule has 7 N–H and O–H groups in total. The fourth-order valence-corrected chi connectivity index (χ4v) is 5.86. The Morgan fingerprint density at radius 3 is 1.49 bits per heavy atom. The molecular formula is C45H42N4O6. The van der Waals surface area contributed by atoms with Crippen LogP contribution in [0.3, 0.4) is 0 Å². The van der Waals surface area contributed by atoms with Crippen molar-refractivity contribution in [1.82, 2.24) is 0 Å². The van der Waals surface area contributed by atoms with Crippen LogP contribution in [0, 0.1) is 0 Å². The van der Waals surface area contributed by atoms with Crippen LogP contribution in [0.4, 0.5) is 22.7 Å². The smallest absolute Gasteiger partial charge is 0.213 e. The number of nitrogens with zero attached hydrogens (tertiary/aromatic N) is 1. The number of hydrogen-bond donors (Lipinski definition) is 5. The van der Waals surface area contributed by atoms with Crippen LogP contribution in [-0.2, 0) is 9.59 Å². The van der Waals surface area contributed by atoms with Gasteiger partial charge in [0, 0.05) is 51.3 Å². The van der Waals surface area contributed by atoms with Crippen molar-refractivity contribution in [2.24, 2.45) is 0 Å². The lowest BCUT2D eigenvalue weighted by Gasteiger charge is -2.12. The van der Waals surface area contributed by atoms with E-state index in [0.717, 1.165) is 78.1 Å². The van der Waals surface area contributed by atoms with E-state index in [1.54, 1.807) is 68.6 Å². The number of rotatable bonds is 6. The number of methoxy groups -OCH3 is 2. The zero-order valence-electron chi connectivity index (χ0n) is 30.6. The van der Waals surface area contributed by atoms with Gasteiger partial charge in [-0.1, -0.05) is 48.5 Å². The lowest BCUT2D eigenvalue weighted by atomic mass is 10.1. The molecular weight excluding hydrogens is 693 g/mol. The molecule has 0 saturated heterocycles. The summed E-state index contributed by atoms with van der Waals surface area (Å²) in [5.74, 6) is 2.28. The lowest BCUT2D eigenvalue weighted by molar-refractivity contribution is -0.107. The highest BCUT2D eigenvalue weighted by Crippen LogP contribution is 2.30. The third-order valence-corrected chi connectivity index (χ3v) is 8.66. The fourth-order valence-electron chi connectivity index (χ4n) is 5.86. The number of phenolic OH excluding ortho intramolecular Hbond substituents is 2. The van der Waals surface area contributed by atoms with E-state index >= 15 is 0 Å². The monoisotopic (exact) mass is 734 g/mol. The van der Waals surface area contributed by atoms with Gasteiger partial charge in [0.05, 0.1) is 14.2 Å². The van der Waals surface area contributed by atoms with E-state index in [4.69, 9.17) is 20.9 Å². The Labute approximate surface area is 318 Å². The molecule has 2 amide bonds. The molecule has 0 aliphatic rings. The first-order valence-corrected chi connectivity index (χ1v) is 17.1. The summed E-state index contributed by atoms with van der Waals surface area (Å²) >= 11 is 0. The number of nitrogens with one attached hydrogen (secondary N) is 1. The van der Waals surface area contributed by atoms with Crippen molar-refractivity contribution in [2.75, 3.05) is 43.0 Å². The maximum Gasteiger partial charge on any atom is 0.213 e. The Hall–Kier alpha value is -7.46. The van der Waals surface area contributed by atoms with E-state index in [1.165, 1.54) is 0 Å². The van der Waals surface area contributed by atoms with E-state index in [9.17, 15) is 19.8 Å². The van der Waals surface area contributed by atoms with Crippen molar-refractivity contribution >= 4 is 78.7 Å². The van der Waals surface area contributed by atoms with E-state index in [0.29, 0.717) is 17.8 Å². The van der Waals surface area contributed by atoms with Gasteiger partial charge in [-0.05, 0) is 119 Å². The number of anilines is 4. The number of nitrogen functional groups attached to an aromatic ring is 2. The third kappa shape index (κ3) is 9.70. The minimum absolute atomic E-state index is 0.250. The van der Waals surface area contributed by atoms with Gasteiger partial charge < -0.3 is 41.4 Å². The van der Waals surface area contributed by atoms with Crippen molar-refractivity contribution in [3.63, 3.8) is 0 Å². The first kappa shape index (κ1) is 38.8. The van der Waals surface area contributed by atoms with Crippen molar-refractivity contribution in [2.45, 2.75) is 0 Å². The number of amides is 2. The molecule has 10 heteroatoms. The topological polar surface area (TPSA) is 160 Å². The van der Waals surface area contributed by atoms with Crippen LogP contribution in [-0.4, -0.2) is 44.3 Å². The SMILES string of the molecule is COc1cccc2cc(N(C)C=O)ccc12.COc1cccc2cc(N)ccc12.Nc1ccc2c(O)cccc2c1.O=CNc1ccc2c(O)cccc2c1. The van der Waals surface area contributed by atoms with Gasteiger partial charge in [0.15, 0.2) is 0 Å². The van der Waals surface area contributed by atoms with Gasteiger partial charge in [-0.25, -0.2) is 0 Å². The number of carbonyl (C=O) groups is 2. The number of benzene rings is 8. The molecule has 0 unspecified atom stereocenters. The minimum Gasteiger partial charge on any atom is -0.507 e. The summed E-state index contributed by atoms with van der Waals surface area (Å²) in [6.45, 7) is 0. The van der Waals surface area contributed by atoms with Gasteiger partial charge in [-0.3, -0.25) is 9.59 Å². The van der Waals surface area contributed by atoms with E-state index < -0.39 is 0 Å².